The summed E-state index contributed by atoms with van der Waals surface area (Å²) in [5.74, 6) is 1.80. The van der Waals surface area contributed by atoms with Crippen molar-refractivity contribution in [3.05, 3.63) is 11.8 Å². The van der Waals surface area contributed by atoms with Crippen LogP contribution < -0.4 is 5.73 Å². The normalized spacial score (nSPS) is 25.6. The summed E-state index contributed by atoms with van der Waals surface area (Å²) in [5.41, 5.74) is 6.80. The predicted octanol–water partition coefficient (Wildman–Crippen LogP) is 3.22. The maximum atomic E-state index is 6.47. The fourth-order valence-corrected chi connectivity index (χ4v) is 3.49. The van der Waals surface area contributed by atoms with E-state index in [2.05, 4.69) is 19.9 Å². The minimum absolute atomic E-state index is 0.139. The molecule has 1 fully saturated rings. The van der Waals surface area contributed by atoms with Gasteiger partial charge in [0.1, 0.15) is 5.76 Å². The number of ether oxygens (including phenoxy) is 1. The van der Waals surface area contributed by atoms with Crippen molar-refractivity contribution in [1.29, 1.82) is 0 Å². The van der Waals surface area contributed by atoms with Crippen molar-refractivity contribution in [2.45, 2.75) is 58.4 Å². The quantitative estimate of drug-likeness (QED) is 0.794. The Labute approximate surface area is 99.2 Å². The molecule has 2 nitrogen and oxygen atoms in total. The SMILES string of the molecule is CC(C)CC1(C(N)C2=CCCO2)CCCC1. The molecule has 0 amide bonds. The third-order valence-corrected chi connectivity index (χ3v) is 4.11. The van der Waals surface area contributed by atoms with Crippen LogP contribution in [0.15, 0.2) is 11.8 Å². The number of hydrogen-bond donors (Lipinski definition) is 1. The highest BCUT2D eigenvalue weighted by Gasteiger charge is 2.42. The molecule has 2 heteroatoms. The van der Waals surface area contributed by atoms with Crippen LogP contribution >= 0.6 is 0 Å². The summed E-state index contributed by atoms with van der Waals surface area (Å²) in [6.45, 7) is 5.44. The van der Waals surface area contributed by atoms with Gasteiger partial charge in [-0.05, 0) is 36.7 Å². The molecule has 92 valence electrons. The Kier molecular flexibility index (Phi) is 3.58. The summed E-state index contributed by atoms with van der Waals surface area (Å²) in [6.07, 6.45) is 9.74. The summed E-state index contributed by atoms with van der Waals surface area (Å²) in [4.78, 5) is 0. The molecule has 1 aliphatic carbocycles. The van der Waals surface area contributed by atoms with Gasteiger partial charge in [-0.1, -0.05) is 26.7 Å². The lowest BCUT2D eigenvalue weighted by atomic mass is 9.72. The van der Waals surface area contributed by atoms with E-state index in [1.807, 2.05) is 0 Å². The lowest BCUT2D eigenvalue weighted by Crippen LogP contribution is -2.42. The Morgan fingerprint density at radius 2 is 2.06 bits per heavy atom. The van der Waals surface area contributed by atoms with Crippen LogP contribution in [0.4, 0.5) is 0 Å². The van der Waals surface area contributed by atoms with Gasteiger partial charge in [0.05, 0.1) is 12.6 Å². The minimum Gasteiger partial charge on any atom is -0.496 e. The van der Waals surface area contributed by atoms with E-state index >= 15 is 0 Å². The number of rotatable bonds is 4. The summed E-state index contributed by atoms with van der Waals surface area (Å²) < 4.78 is 5.67. The van der Waals surface area contributed by atoms with E-state index in [0.29, 0.717) is 5.41 Å². The maximum Gasteiger partial charge on any atom is 0.109 e. The Balaban J connectivity index is 2.11. The van der Waals surface area contributed by atoms with Gasteiger partial charge in [-0.25, -0.2) is 0 Å². The highest BCUT2D eigenvalue weighted by molar-refractivity contribution is 5.13. The zero-order chi connectivity index (χ0) is 11.6. The first-order chi connectivity index (χ1) is 7.64. The van der Waals surface area contributed by atoms with E-state index in [1.165, 1.54) is 32.1 Å². The number of hydrogen-bond acceptors (Lipinski definition) is 2. The first-order valence-corrected chi connectivity index (χ1v) is 6.72. The first kappa shape index (κ1) is 12.0. The molecule has 0 bridgehead atoms. The summed E-state index contributed by atoms with van der Waals surface area (Å²) >= 11 is 0. The monoisotopic (exact) mass is 223 g/mol. The molecule has 0 aromatic carbocycles. The number of nitrogens with two attached hydrogens (primary N) is 1. The van der Waals surface area contributed by atoms with Gasteiger partial charge < -0.3 is 10.5 Å². The van der Waals surface area contributed by atoms with Crippen LogP contribution in [0, 0.1) is 11.3 Å². The standard InChI is InChI=1S/C14H25NO/c1-11(2)10-14(7-3-4-8-14)13(15)12-6-5-9-16-12/h6,11,13H,3-5,7-10,15H2,1-2H3. The van der Waals surface area contributed by atoms with E-state index in [9.17, 15) is 0 Å². The van der Waals surface area contributed by atoms with Gasteiger partial charge in [0, 0.05) is 6.42 Å². The smallest absolute Gasteiger partial charge is 0.109 e. The molecule has 0 radical (unpaired) electrons. The Bertz CT molecular complexity index is 264. The highest BCUT2D eigenvalue weighted by Crippen LogP contribution is 2.47. The van der Waals surface area contributed by atoms with Crippen molar-refractivity contribution >= 4 is 0 Å². The second-order valence-corrected chi connectivity index (χ2v) is 5.89. The van der Waals surface area contributed by atoms with E-state index in [0.717, 1.165) is 24.7 Å². The zero-order valence-corrected chi connectivity index (χ0v) is 10.7. The van der Waals surface area contributed by atoms with Gasteiger partial charge in [0.2, 0.25) is 0 Å². The van der Waals surface area contributed by atoms with Crippen LogP contribution in [0.2, 0.25) is 0 Å². The Hall–Kier alpha value is -0.500. The van der Waals surface area contributed by atoms with Crippen molar-refractivity contribution < 1.29 is 4.74 Å². The van der Waals surface area contributed by atoms with E-state index in [4.69, 9.17) is 10.5 Å². The van der Waals surface area contributed by atoms with Gasteiger partial charge in [-0.15, -0.1) is 0 Å². The molecular formula is C14H25NO. The van der Waals surface area contributed by atoms with Gasteiger partial charge in [-0.2, -0.15) is 0 Å². The zero-order valence-electron chi connectivity index (χ0n) is 10.7. The molecule has 0 aromatic heterocycles. The lowest BCUT2D eigenvalue weighted by molar-refractivity contribution is 0.138. The molecule has 2 N–H and O–H groups in total. The van der Waals surface area contributed by atoms with E-state index in [1.54, 1.807) is 0 Å². The molecule has 2 aliphatic rings. The Morgan fingerprint density at radius 3 is 2.56 bits per heavy atom. The van der Waals surface area contributed by atoms with Crippen LogP contribution in [0.25, 0.3) is 0 Å². The first-order valence-electron chi connectivity index (χ1n) is 6.72. The Morgan fingerprint density at radius 1 is 1.38 bits per heavy atom. The van der Waals surface area contributed by atoms with Crippen LogP contribution in [0.1, 0.15) is 52.4 Å². The second kappa shape index (κ2) is 4.79. The van der Waals surface area contributed by atoms with E-state index in [-0.39, 0.29) is 6.04 Å². The predicted molar refractivity (Wildman–Crippen MR) is 67.0 cm³/mol. The van der Waals surface area contributed by atoms with Crippen molar-refractivity contribution in [2.24, 2.45) is 17.1 Å². The van der Waals surface area contributed by atoms with Crippen molar-refractivity contribution in [3.8, 4) is 0 Å². The molecular weight excluding hydrogens is 198 g/mol. The molecule has 1 saturated carbocycles. The molecule has 1 atom stereocenters. The highest BCUT2D eigenvalue weighted by atomic mass is 16.5. The molecule has 1 heterocycles. The summed E-state index contributed by atoms with van der Waals surface area (Å²) in [7, 11) is 0. The fraction of sp³-hybridized carbons (Fsp3) is 0.857. The average Bonchev–Trinajstić information content (AvgIpc) is 2.85. The molecule has 0 saturated heterocycles. The molecule has 1 unspecified atom stereocenters. The van der Waals surface area contributed by atoms with Crippen molar-refractivity contribution in [2.75, 3.05) is 6.61 Å². The molecule has 16 heavy (non-hydrogen) atoms. The van der Waals surface area contributed by atoms with Crippen LogP contribution in [-0.2, 0) is 4.74 Å². The molecule has 0 spiro atoms. The topological polar surface area (TPSA) is 35.2 Å². The lowest BCUT2D eigenvalue weighted by Gasteiger charge is -2.37. The second-order valence-electron chi connectivity index (χ2n) is 5.89. The third-order valence-electron chi connectivity index (χ3n) is 4.11. The van der Waals surface area contributed by atoms with Crippen molar-refractivity contribution in [3.63, 3.8) is 0 Å². The fourth-order valence-electron chi connectivity index (χ4n) is 3.49. The van der Waals surface area contributed by atoms with Gasteiger partial charge in [0.25, 0.3) is 0 Å². The van der Waals surface area contributed by atoms with Gasteiger partial charge >= 0.3 is 0 Å². The van der Waals surface area contributed by atoms with Crippen LogP contribution in [-0.4, -0.2) is 12.6 Å². The maximum absolute atomic E-state index is 6.47. The van der Waals surface area contributed by atoms with Gasteiger partial charge in [0.15, 0.2) is 0 Å². The third kappa shape index (κ3) is 2.27. The summed E-state index contributed by atoms with van der Waals surface area (Å²) in [6, 6.07) is 0.139. The van der Waals surface area contributed by atoms with E-state index < -0.39 is 0 Å². The minimum atomic E-state index is 0.139. The largest absolute Gasteiger partial charge is 0.496 e. The molecule has 0 aromatic rings. The average molecular weight is 223 g/mol. The summed E-state index contributed by atoms with van der Waals surface area (Å²) in [5, 5.41) is 0. The van der Waals surface area contributed by atoms with Crippen molar-refractivity contribution in [1.82, 2.24) is 0 Å². The van der Waals surface area contributed by atoms with Gasteiger partial charge in [-0.3, -0.25) is 0 Å². The van der Waals surface area contributed by atoms with Crippen LogP contribution in [0.5, 0.6) is 0 Å². The molecule has 2 rings (SSSR count). The van der Waals surface area contributed by atoms with Crippen LogP contribution in [0.3, 0.4) is 0 Å². The molecule has 1 aliphatic heterocycles.